The predicted octanol–water partition coefficient (Wildman–Crippen LogP) is 4.98. The Bertz CT molecular complexity index is 1330. The highest BCUT2D eigenvalue weighted by molar-refractivity contribution is 7.10. The normalized spacial score (nSPS) is 13.8. The SMILES string of the molecule is CCOC(=O)c1cn2c(cc1=O)-c1cc(OC)c(OCCCCCCNC(C)=O)cc1CC2c1cccs1. The first-order valence-corrected chi connectivity index (χ1v) is 13.9. The molecule has 1 aromatic carbocycles. The highest BCUT2D eigenvalue weighted by atomic mass is 32.1. The van der Waals surface area contributed by atoms with Gasteiger partial charge in [-0.15, -0.1) is 11.3 Å². The summed E-state index contributed by atoms with van der Waals surface area (Å²) in [5.74, 6) is 0.659. The molecule has 0 spiro atoms. The average Bonchev–Trinajstić information content (AvgIpc) is 3.43. The van der Waals surface area contributed by atoms with Crippen LogP contribution in [0.4, 0.5) is 0 Å². The highest BCUT2D eigenvalue weighted by Gasteiger charge is 2.29. The van der Waals surface area contributed by atoms with E-state index in [-0.39, 0.29) is 29.5 Å². The van der Waals surface area contributed by atoms with Crippen LogP contribution in [-0.4, -0.2) is 43.3 Å². The number of ether oxygens (including phenoxy) is 3. The number of rotatable bonds is 12. The van der Waals surface area contributed by atoms with Crippen LogP contribution in [0.25, 0.3) is 11.3 Å². The van der Waals surface area contributed by atoms with Crippen molar-refractivity contribution in [1.82, 2.24) is 9.88 Å². The smallest absolute Gasteiger partial charge is 0.343 e. The molecule has 0 fully saturated rings. The summed E-state index contributed by atoms with van der Waals surface area (Å²) < 4.78 is 18.9. The van der Waals surface area contributed by atoms with E-state index in [4.69, 9.17) is 14.2 Å². The number of pyridine rings is 1. The summed E-state index contributed by atoms with van der Waals surface area (Å²) >= 11 is 1.64. The Morgan fingerprint density at radius 1 is 1.13 bits per heavy atom. The molecule has 38 heavy (non-hydrogen) atoms. The highest BCUT2D eigenvalue weighted by Crippen LogP contribution is 2.43. The maximum atomic E-state index is 12.9. The number of fused-ring (bicyclic) bond motifs is 3. The monoisotopic (exact) mass is 538 g/mol. The summed E-state index contributed by atoms with van der Waals surface area (Å²) in [6, 6.07) is 9.45. The first-order chi connectivity index (χ1) is 18.4. The van der Waals surface area contributed by atoms with Crippen LogP contribution < -0.4 is 20.2 Å². The van der Waals surface area contributed by atoms with Crippen molar-refractivity contribution < 1.29 is 23.8 Å². The number of nitrogens with zero attached hydrogens (tertiary/aromatic N) is 1. The van der Waals surface area contributed by atoms with Crippen LogP contribution >= 0.6 is 11.3 Å². The van der Waals surface area contributed by atoms with Gasteiger partial charge >= 0.3 is 5.97 Å². The molecule has 1 aliphatic rings. The van der Waals surface area contributed by atoms with Gasteiger partial charge in [0.25, 0.3) is 0 Å². The summed E-state index contributed by atoms with van der Waals surface area (Å²) in [7, 11) is 1.60. The van der Waals surface area contributed by atoms with Gasteiger partial charge in [0.1, 0.15) is 5.56 Å². The third-order valence-electron chi connectivity index (χ3n) is 6.56. The van der Waals surface area contributed by atoms with Gasteiger partial charge < -0.3 is 24.1 Å². The summed E-state index contributed by atoms with van der Waals surface area (Å²) in [6.07, 6.45) is 6.18. The molecular formula is C29H34N2O6S. The molecule has 3 aromatic rings. The second-order valence-electron chi connectivity index (χ2n) is 9.21. The molecule has 2 aromatic heterocycles. The lowest BCUT2D eigenvalue weighted by atomic mass is 9.91. The molecule has 4 rings (SSSR count). The zero-order valence-corrected chi connectivity index (χ0v) is 22.9. The van der Waals surface area contributed by atoms with Gasteiger partial charge in [0.2, 0.25) is 5.91 Å². The lowest BCUT2D eigenvalue weighted by Gasteiger charge is -2.31. The summed E-state index contributed by atoms with van der Waals surface area (Å²) in [5, 5.41) is 4.84. The van der Waals surface area contributed by atoms with E-state index in [1.807, 2.05) is 28.1 Å². The zero-order valence-electron chi connectivity index (χ0n) is 22.1. The minimum Gasteiger partial charge on any atom is -0.493 e. The van der Waals surface area contributed by atoms with Gasteiger partial charge in [0.05, 0.1) is 32.1 Å². The lowest BCUT2D eigenvalue weighted by molar-refractivity contribution is -0.118. The molecule has 1 amide bonds. The number of unbranched alkanes of at least 4 members (excludes halogenated alkanes) is 3. The van der Waals surface area contributed by atoms with Crippen molar-refractivity contribution in [2.24, 2.45) is 0 Å². The Morgan fingerprint density at radius 3 is 2.66 bits per heavy atom. The molecule has 0 aliphatic carbocycles. The molecule has 1 atom stereocenters. The maximum absolute atomic E-state index is 12.9. The van der Waals surface area contributed by atoms with Crippen molar-refractivity contribution in [1.29, 1.82) is 0 Å². The second-order valence-corrected chi connectivity index (χ2v) is 10.2. The molecule has 0 saturated heterocycles. The number of benzene rings is 1. The minimum atomic E-state index is -0.611. The standard InChI is InChI=1S/C29H34N2O6S/c1-4-36-29(34)22-18-31-23(17-25(22)33)21-16-26(35-3)27(37-12-8-6-5-7-11-30-19(2)32)15-20(21)14-24(31)28-10-9-13-38-28/h9-10,13,15-18,24H,4-8,11-12,14H2,1-3H3,(H,30,32). The predicted molar refractivity (Wildman–Crippen MR) is 147 cm³/mol. The summed E-state index contributed by atoms with van der Waals surface area (Å²) in [4.78, 5) is 37.5. The Hall–Kier alpha value is -3.59. The number of hydrogen-bond donors (Lipinski definition) is 1. The van der Waals surface area contributed by atoms with Gasteiger partial charge in [0.15, 0.2) is 16.9 Å². The number of methoxy groups -OCH3 is 1. The Kier molecular flexibility index (Phi) is 9.23. The number of aromatic nitrogens is 1. The van der Waals surface area contributed by atoms with Gasteiger partial charge in [-0.3, -0.25) is 9.59 Å². The second kappa shape index (κ2) is 12.8. The Balaban J connectivity index is 1.59. The number of carbonyl (C=O) groups excluding carboxylic acids is 2. The first-order valence-electron chi connectivity index (χ1n) is 13.0. The number of thiophene rings is 1. The van der Waals surface area contributed by atoms with Crippen LogP contribution in [-0.2, 0) is 16.0 Å². The van der Waals surface area contributed by atoms with Crippen LogP contribution in [0.3, 0.4) is 0 Å². The van der Waals surface area contributed by atoms with Crippen molar-refractivity contribution in [3.63, 3.8) is 0 Å². The molecule has 1 N–H and O–H groups in total. The van der Waals surface area contributed by atoms with Gasteiger partial charge in [-0.05, 0) is 55.3 Å². The summed E-state index contributed by atoms with van der Waals surface area (Å²) in [6.45, 7) is 4.71. The van der Waals surface area contributed by atoms with E-state index < -0.39 is 5.97 Å². The van der Waals surface area contributed by atoms with Crippen molar-refractivity contribution in [3.8, 4) is 22.8 Å². The molecule has 202 valence electrons. The quantitative estimate of drug-likeness (QED) is 0.258. The van der Waals surface area contributed by atoms with Gasteiger partial charge in [-0.1, -0.05) is 18.9 Å². The van der Waals surface area contributed by atoms with Crippen molar-refractivity contribution in [3.05, 3.63) is 68.1 Å². The Morgan fingerprint density at radius 2 is 1.95 bits per heavy atom. The first kappa shape index (κ1) is 27.4. The molecule has 9 heteroatoms. The van der Waals surface area contributed by atoms with E-state index in [1.54, 1.807) is 31.6 Å². The molecule has 8 nitrogen and oxygen atoms in total. The number of nitrogens with one attached hydrogen (secondary N) is 1. The van der Waals surface area contributed by atoms with Gasteiger partial charge in [-0.25, -0.2) is 4.79 Å². The number of amides is 1. The third kappa shape index (κ3) is 6.27. The fraction of sp³-hybridized carbons (Fsp3) is 0.414. The Labute approximate surface area is 226 Å². The molecule has 1 unspecified atom stereocenters. The minimum absolute atomic E-state index is 0.00101. The van der Waals surface area contributed by atoms with Crippen LogP contribution in [0.5, 0.6) is 11.5 Å². The van der Waals surface area contributed by atoms with E-state index in [9.17, 15) is 14.4 Å². The van der Waals surface area contributed by atoms with Crippen molar-refractivity contribution in [2.45, 2.75) is 52.0 Å². The fourth-order valence-electron chi connectivity index (χ4n) is 4.72. The number of hydrogen-bond acceptors (Lipinski definition) is 7. The molecule has 0 bridgehead atoms. The van der Waals surface area contributed by atoms with Crippen molar-refractivity contribution in [2.75, 3.05) is 26.9 Å². The molecule has 0 saturated carbocycles. The maximum Gasteiger partial charge on any atom is 0.343 e. The van der Waals surface area contributed by atoms with Crippen molar-refractivity contribution >= 4 is 23.2 Å². The van der Waals surface area contributed by atoms with Crippen LogP contribution in [0.1, 0.15) is 66.4 Å². The van der Waals surface area contributed by atoms with E-state index >= 15 is 0 Å². The fourth-order valence-corrected chi connectivity index (χ4v) is 5.54. The molecule has 1 aliphatic heterocycles. The average molecular weight is 539 g/mol. The molecule has 3 heterocycles. The topological polar surface area (TPSA) is 95.9 Å². The van der Waals surface area contributed by atoms with E-state index in [0.717, 1.165) is 47.4 Å². The summed E-state index contributed by atoms with van der Waals surface area (Å²) in [5.41, 5.74) is 2.33. The van der Waals surface area contributed by atoms with Crippen LogP contribution in [0.2, 0.25) is 0 Å². The number of carbonyl (C=O) groups is 2. The van der Waals surface area contributed by atoms with Crippen LogP contribution in [0, 0.1) is 0 Å². The largest absolute Gasteiger partial charge is 0.493 e. The lowest BCUT2D eigenvalue weighted by Crippen LogP contribution is -2.26. The van der Waals surface area contributed by atoms with E-state index in [1.165, 1.54) is 13.0 Å². The van der Waals surface area contributed by atoms with Gasteiger partial charge in [0, 0.05) is 36.2 Å². The van der Waals surface area contributed by atoms with E-state index in [2.05, 4.69) is 11.4 Å². The van der Waals surface area contributed by atoms with Gasteiger partial charge in [-0.2, -0.15) is 0 Å². The van der Waals surface area contributed by atoms with E-state index in [0.29, 0.717) is 31.1 Å². The number of esters is 1. The molecule has 0 radical (unpaired) electrons. The third-order valence-corrected chi connectivity index (χ3v) is 7.54. The molecular weight excluding hydrogens is 504 g/mol. The van der Waals surface area contributed by atoms with Crippen LogP contribution in [0.15, 0.2) is 46.7 Å². The zero-order chi connectivity index (χ0) is 27.1.